The third-order valence-electron chi connectivity index (χ3n) is 11.7. The molecule has 57 heavy (non-hydrogen) atoms. The van der Waals surface area contributed by atoms with Crippen LogP contribution in [0.1, 0.15) is 35.2 Å². The second kappa shape index (κ2) is 12.8. The Balaban J connectivity index is 0.945. The van der Waals surface area contributed by atoms with E-state index in [-0.39, 0.29) is 18.5 Å². The molecule has 4 heterocycles. The van der Waals surface area contributed by atoms with Crippen LogP contribution < -0.4 is 16.0 Å². The molecule has 0 bridgehead atoms. The van der Waals surface area contributed by atoms with Crippen LogP contribution in [0, 0.1) is 0 Å². The lowest BCUT2D eigenvalue weighted by molar-refractivity contribution is 0.203. The summed E-state index contributed by atoms with van der Waals surface area (Å²) in [7, 11) is 0. The second-order valence-electron chi connectivity index (χ2n) is 15.0. The van der Waals surface area contributed by atoms with Crippen LogP contribution in [0.5, 0.6) is 0 Å². The van der Waals surface area contributed by atoms with Crippen molar-refractivity contribution in [1.82, 2.24) is 20.5 Å². The number of furan rings is 2. The molecular weight excluding hydrogens is 701 g/mol. The Morgan fingerprint density at radius 2 is 0.965 bits per heavy atom. The van der Waals surface area contributed by atoms with Crippen molar-refractivity contribution >= 4 is 65.7 Å². The zero-order valence-corrected chi connectivity index (χ0v) is 30.8. The maximum atomic E-state index is 6.81. The minimum atomic E-state index is -0.123. The van der Waals surface area contributed by atoms with Gasteiger partial charge in [0.25, 0.3) is 0 Å². The number of aromatic nitrogens is 1. The highest BCUT2D eigenvalue weighted by atomic mass is 16.3. The lowest BCUT2D eigenvalue weighted by Crippen LogP contribution is -2.54. The fourth-order valence-electron chi connectivity index (χ4n) is 9.08. The standard InChI is InChI=1S/C51H36N4O2/c1-3-13-31(14-4-1)49-52-50(32-15-5-2-6-16-32)54-51(53-49)34-26-27-38-39-20-11-19-35(48(39)57-45(38)30-34)33-25-28-40-46(29-33)56-44-24-12-23-43(47(40)44)55-41-21-9-7-17-36(41)37-18-8-10-22-42(37)55/h1-30,49-54H. The van der Waals surface area contributed by atoms with Crippen molar-refractivity contribution in [2.75, 3.05) is 0 Å². The molecule has 3 N–H and O–H groups in total. The molecule has 1 saturated heterocycles. The van der Waals surface area contributed by atoms with E-state index in [1.807, 2.05) is 0 Å². The third-order valence-corrected chi connectivity index (χ3v) is 11.7. The van der Waals surface area contributed by atoms with Crippen molar-refractivity contribution in [3.05, 3.63) is 199 Å². The monoisotopic (exact) mass is 736 g/mol. The smallest absolute Gasteiger partial charge is 0.143 e. The number of hydrogen-bond donors (Lipinski definition) is 3. The van der Waals surface area contributed by atoms with Gasteiger partial charge in [0.15, 0.2) is 0 Å². The molecule has 2 atom stereocenters. The average Bonchev–Trinajstić information content (AvgIpc) is 3.96. The molecule has 0 spiro atoms. The predicted molar refractivity (Wildman–Crippen MR) is 231 cm³/mol. The summed E-state index contributed by atoms with van der Waals surface area (Å²) in [6.45, 7) is 0. The van der Waals surface area contributed by atoms with E-state index in [1.54, 1.807) is 0 Å². The van der Waals surface area contributed by atoms with Gasteiger partial charge in [-0.2, -0.15) is 0 Å². The molecule has 0 saturated carbocycles. The van der Waals surface area contributed by atoms with E-state index in [2.05, 4.69) is 203 Å². The molecule has 6 nitrogen and oxygen atoms in total. The number of benzene rings is 8. The van der Waals surface area contributed by atoms with Crippen molar-refractivity contribution < 1.29 is 8.83 Å². The Bertz CT molecular complexity index is 3210. The summed E-state index contributed by atoms with van der Waals surface area (Å²) in [4.78, 5) is 0. The molecule has 2 unspecified atom stereocenters. The first-order valence-electron chi connectivity index (χ1n) is 19.5. The highest BCUT2D eigenvalue weighted by molar-refractivity contribution is 6.15. The van der Waals surface area contributed by atoms with Gasteiger partial charge in [0.2, 0.25) is 0 Å². The van der Waals surface area contributed by atoms with Gasteiger partial charge in [0, 0.05) is 32.5 Å². The van der Waals surface area contributed by atoms with Gasteiger partial charge in [-0.05, 0) is 64.7 Å². The number of rotatable bonds is 5. The number of nitrogens with one attached hydrogen (secondary N) is 3. The first-order valence-corrected chi connectivity index (χ1v) is 19.5. The van der Waals surface area contributed by atoms with Gasteiger partial charge < -0.3 is 13.4 Å². The Hall–Kier alpha value is -6.96. The number of hydrogen-bond acceptors (Lipinski definition) is 5. The minimum absolute atomic E-state index is 0.0492. The fourth-order valence-corrected chi connectivity index (χ4v) is 9.08. The number of nitrogens with zero attached hydrogens (tertiary/aromatic N) is 1. The molecule has 0 aliphatic carbocycles. The van der Waals surface area contributed by atoms with Crippen LogP contribution >= 0.6 is 0 Å². The molecule has 1 aliphatic heterocycles. The summed E-state index contributed by atoms with van der Waals surface area (Å²) in [6.07, 6.45) is -0.222. The summed E-state index contributed by atoms with van der Waals surface area (Å²) in [6, 6.07) is 64.3. The van der Waals surface area contributed by atoms with Crippen LogP contribution in [-0.2, 0) is 0 Å². The normalized spacial score (nSPS) is 17.4. The van der Waals surface area contributed by atoms with Gasteiger partial charge in [-0.15, -0.1) is 0 Å². The topological polar surface area (TPSA) is 67.3 Å². The summed E-state index contributed by atoms with van der Waals surface area (Å²) in [5, 5.41) is 18.2. The molecule has 8 aromatic carbocycles. The van der Waals surface area contributed by atoms with Crippen LogP contribution in [0.25, 0.3) is 82.5 Å². The summed E-state index contributed by atoms with van der Waals surface area (Å²) in [5.41, 5.74) is 12.4. The largest absolute Gasteiger partial charge is 0.456 e. The number of fused-ring (bicyclic) bond motifs is 9. The first kappa shape index (κ1) is 32.3. The van der Waals surface area contributed by atoms with Gasteiger partial charge in [-0.25, -0.2) is 0 Å². The SMILES string of the molecule is c1ccc(C2NC(c3ccccc3)NC(c3ccc4c(c3)oc3c(-c5ccc6c(c5)oc5cccc(-n7c8ccccc8c8ccccc87)c56)cccc34)N2)cc1. The maximum Gasteiger partial charge on any atom is 0.143 e. The van der Waals surface area contributed by atoms with Gasteiger partial charge in [0.05, 0.1) is 40.6 Å². The maximum absolute atomic E-state index is 6.81. The average molecular weight is 737 g/mol. The fraction of sp³-hybridized carbons (Fsp3) is 0.0588. The van der Waals surface area contributed by atoms with Crippen LogP contribution in [0.15, 0.2) is 191 Å². The van der Waals surface area contributed by atoms with E-state index >= 15 is 0 Å². The van der Waals surface area contributed by atoms with Crippen molar-refractivity contribution in [2.45, 2.75) is 18.5 Å². The highest BCUT2D eigenvalue weighted by Gasteiger charge is 2.30. The van der Waals surface area contributed by atoms with Crippen molar-refractivity contribution in [1.29, 1.82) is 0 Å². The summed E-state index contributed by atoms with van der Waals surface area (Å²) in [5.74, 6) is 0. The Morgan fingerprint density at radius 1 is 0.386 bits per heavy atom. The van der Waals surface area contributed by atoms with Gasteiger partial charge in [-0.1, -0.05) is 140 Å². The molecule has 272 valence electrons. The molecule has 6 heteroatoms. The summed E-state index contributed by atoms with van der Waals surface area (Å²) < 4.78 is 15.8. The molecule has 11 aromatic rings. The van der Waals surface area contributed by atoms with Crippen LogP contribution in [0.2, 0.25) is 0 Å². The van der Waals surface area contributed by atoms with E-state index in [0.717, 1.165) is 66.3 Å². The summed E-state index contributed by atoms with van der Waals surface area (Å²) >= 11 is 0. The van der Waals surface area contributed by atoms with E-state index in [9.17, 15) is 0 Å². The molecule has 12 rings (SSSR count). The van der Waals surface area contributed by atoms with Gasteiger partial charge >= 0.3 is 0 Å². The highest BCUT2D eigenvalue weighted by Crippen LogP contribution is 2.42. The van der Waals surface area contributed by atoms with Crippen LogP contribution in [0.4, 0.5) is 0 Å². The molecule has 0 amide bonds. The lowest BCUT2D eigenvalue weighted by Gasteiger charge is -2.39. The van der Waals surface area contributed by atoms with Crippen molar-refractivity contribution in [3.63, 3.8) is 0 Å². The van der Waals surface area contributed by atoms with E-state index in [4.69, 9.17) is 8.83 Å². The molecule has 1 aliphatic rings. The third kappa shape index (κ3) is 5.16. The zero-order valence-electron chi connectivity index (χ0n) is 30.8. The molecule has 0 radical (unpaired) electrons. The van der Waals surface area contributed by atoms with Crippen LogP contribution in [0.3, 0.4) is 0 Å². The zero-order chi connectivity index (χ0) is 37.5. The van der Waals surface area contributed by atoms with Crippen molar-refractivity contribution in [3.8, 4) is 16.8 Å². The predicted octanol–water partition coefficient (Wildman–Crippen LogP) is 12.4. The molecule has 1 fully saturated rings. The lowest BCUT2D eigenvalue weighted by atomic mass is 10.00. The Morgan fingerprint density at radius 3 is 1.67 bits per heavy atom. The van der Waals surface area contributed by atoms with E-state index in [0.29, 0.717) is 0 Å². The van der Waals surface area contributed by atoms with Gasteiger partial charge in [0.1, 0.15) is 22.3 Å². The Kier molecular flexibility index (Phi) is 7.25. The Labute approximate surface area is 327 Å². The molecule has 3 aromatic heterocycles. The van der Waals surface area contributed by atoms with Crippen molar-refractivity contribution in [2.24, 2.45) is 0 Å². The van der Waals surface area contributed by atoms with E-state index < -0.39 is 0 Å². The quantitative estimate of drug-likeness (QED) is 0.164. The van der Waals surface area contributed by atoms with Crippen LogP contribution in [-0.4, -0.2) is 4.57 Å². The second-order valence-corrected chi connectivity index (χ2v) is 15.0. The molecular formula is C51H36N4O2. The minimum Gasteiger partial charge on any atom is -0.456 e. The van der Waals surface area contributed by atoms with E-state index in [1.165, 1.54) is 32.9 Å². The van der Waals surface area contributed by atoms with Gasteiger partial charge in [-0.3, -0.25) is 16.0 Å². The number of para-hydroxylation sites is 3. The first-order chi connectivity index (χ1) is 28.2.